The van der Waals surface area contributed by atoms with E-state index in [1.807, 2.05) is 0 Å². The van der Waals surface area contributed by atoms with E-state index in [4.69, 9.17) is 26.6 Å². The molecule has 9 heteroatoms. The normalized spacial score (nSPS) is 10.8. The van der Waals surface area contributed by atoms with E-state index in [1.54, 1.807) is 0 Å². The van der Waals surface area contributed by atoms with Crippen molar-refractivity contribution in [3.63, 3.8) is 0 Å². The predicted molar refractivity (Wildman–Crippen MR) is 24.9 cm³/mol. The van der Waals surface area contributed by atoms with E-state index >= 15 is 0 Å². The zero-order chi connectivity index (χ0) is 7.15. The number of rotatable bonds is 0. The fraction of sp³-hybridized carbons (Fsp3) is 0. The summed E-state index contributed by atoms with van der Waals surface area (Å²) in [5.41, 5.74) is 0. The molecular formula is H3KO6S2. The molecule has 3 N–H and O–H groups in total. The molecule has 1 atom stereocenters. The van der Waals surface area contributed by atoms with Crippen LogP contribution >= 0.6 is 0 Å². The Morgan fingerprint density at radius 2 is 1.11 bits per heavy atom. The predicted octanol–water partition coefficient (Wildman–Crippen LogP) is -3.98. The molecule has 0 aliphatic heterocycles. The SMILES string of the molecule is O=S(O)O.O=S([O-])O.[K+]. The van der Waals surface area contributed by atoms with Crippen LogP contribution in [0, 0.1) is 0 Å². The maximum Gasteiger partial charge on any atom is 1.00 e. The van der Waals surface area contributed by atoms with Gasteiger partial charge in [0, 0.05) is 0 Å². The Labute approximate surface area is 99.1 Å². The molecule has 0 aromatic carbocycles. The van der Waals surface area contributed by atoms with E-state index in [2.05, 4.69) is 0 Å². The average Bonchev–Trinajstić information content (AvgIpc) is 1.25. The average molecular weight is 202 g/mol. The van der Waals surface area contributed by atoms with Crippen LogP contribution in [0.2, 0.25) is 0 Å². The summed E-state index contributed by atoms with van der Waals surface area (Å²) >= 11 is -5.47. The summed E-state index contributed by atoms with van der Waals surface area (Å²) in [4.78, 5) is 0. The van der Waals surface area contributed by atoms with Crippen LogP contribution < -0.4 is 51.4 Å². The van der Waals surface area contributed by atoms with Crippen LogP contribution in [0.4, 0.5) is 0 Å². The maximum atomic E-state index is 8.67. The van der Waals surface area contributed by atoms with Gasteiger partial charge in [-0.05, 0) is 0 Å². The van der Waals surface area contributed by atoms with E-state index in [1.165, 1.54) is 0 Å². The first-order valence-electron chi connectivity index (χ1n) is 1.05. The van der Waals surface area contributed by atoms with Gasteiger partial charge < -0.3 is 9.11 Å². The molecule has 0 aliphatic carbocycles. The third kappa shape index (κ3) is 187. The molecule has 0 fully saturated rings. The second-order valence-electron chi connectivity index (χ2n) is 0.448. The van der Waals surface area contributed by atoms with Crippen LogP contribution in [0.1, 0.15) is 0 Å². The van der Waals surface area contributed by atoms with E-state index in [-0.39, 0.29) is 51.4 Å². The third-order valence-electron chi connectivity index (χ3n) is 0. The van der Waals surface area contributed by atoms with Crippen molar-refractivity contribution in [3.05, 3.63) is 0 Å². The van der Waals surface area contributed by atoms with Crippen molar-refractivity contribution in [2.24, 2.45) is 0 Å². The van der Waals surface area contributed by atoms with Gasteiger partial charge in [0.15, 0.2) is 0 Å². The molecule has 0 heterocycles. The molecule has 9 heavy (non-hydrogen) atoms. The molecule has 0 saturated heterocycles. The van der Waals surface area contributed by atoms with Crippen LogP contribution in [-0.2, 0) is 22.7 Å². The fourth-order valence-corrected chi connectivity index (χ4v) is 0. The molecule has 0 spiro atoms. The molecule has 0 aromatic rings. The van der Waals surface area contributed by atoms with Gasteiger partial charge in [0.05, 0.1) is 11.4 Å². The molecule has 1 unspecified atom stereocenters. The van der Waals surface area contributed by atoms with Crippen molar-refractivity contribution in [2.45, 2.75) is 0 Å². The van der Waals surface area contributed by atoms with Gasteiger partial charge in [-0.1, -0.05) is 0 Å². The first kappa shape index (κ1) is 17.0. The summed E-state index contributed by atoms with van der Waals surface area (Å²) in [5.74, 6) is 0. The van der Waals surface area contributed by atoms with Crippen LogP contribution in [-0.4, -0.2) is 26.6 Å². The van der Waals surface area contributed by atoms with Gasteiger partial charge in [0.1, 0.15) is 0 Å². The van der Waals surface area contributed by atoms with E-state index < -0.39 is 22.7 Å². The zero-order valence-electron chi connectivity index (χ0n) is 4.38. The maximum absolute atomic E-state index is 8.67. The molecular weight excluding hydrogens is 199 g/mol. The quantitative estimate of drug-likeness (QED) is 0.272. The summed E-state index contributed by atoms with van der Waals surface area (Å²) in [6, 6.07) is 0. The van der Waals surface area contributed by atoms with Gasteiger partial charge in [-0.15, -0.1) is 0 Å². The van der Waals surface area contributed by atoms with Crippen molar-refractivity contribution in [1.82, 2.24) is 0 Å². The Bertz CT molecular complexity index is 69.1. The van der Waals surface area contributed by atoms with Crippen LogP contribution in [0.3, 0.4) is 0 Å². The molecule has 52 valence electrons. The van der Waals surface area contributed by atoms with Crippen molar-refractivity contribution >= 4 is 22.7 Å². The van der Waals surface area contributed by atoms with Crippen molar-refractivity contribution in [3.8, 4) is 0 Å². The largest absolute Gasteiger partial charge is 1.00 e. The fourth-order valence-electron chi connectivity index (χ4n) is 0. The van der Waals surface area contributed by atoms with Crippen molar-refractivity contribution in [2.75, 3.05) is 0 Å². The first-order valence-corrected chi connectivity index (χ1v) is 3.14. The van der Waals surface area contributed by atoms with E-state index in [0.717, 1.165) is 0 Å². The number of hydrogen-bond donors (Lipinski definition) is 3. The topological polar surface area (TPSA) is 118 Å². The van der Waals surface area contributed by atoms with Gasteiger partial charge in [0.25, 0.3) is 11.4 Å². The van der Waals surface area contributed by atoms with Crippen molar-refractivity contribution in [1.29, 1.82) is 0 Å². The molecule has 0 aromatic heterocycles. The monoisotopic (exact) mass is 202 g/mol. The van der Waals surface area contributed by atoms with E-state index in [0.29, 0.717) is 0 Å². The summed E-state index contributed by atoms with van der Waals surface area (Å²) in [6.45, 7) is 0. The second-order valence-corrected chi connectivity index (χ2v) is 1.34. The molecule has 0 saturated carbocycles. The van der Waals surface area contributed by atoms with E-state index in [9.17, 15) is 0 Å². The minimum absolute atomic E-state index is 0. The summed E-state index contributed by atoms with van der Waals surface area (Å²) in [7, 11) is 0. The standard InChI is InChI=1S/K.2H2O3S/c;2*1-4(2)3/h;2*(H2,1,2,3)/q+1;;/p-1. The molecule has 0 amide bonds. The van der Waals surface area contributed by atoms with Crippen LogP contribution in [0.25, 0.3) is 0 Å². The molecule has 0 aliphatic rings. The smallest absolute Gasteiger partial charge is 0.750 e. The van der Waals surface area contributed by atoms with Gasteiger partial charge in [-0.25, -0.2) is 4.21 Å². The van der Waals surface area contributed by atoms with Gasteiger partial charge >= 0.3 is 51.4 Å². The third-order valence-corrected chi connectivity index (χ3v) is 0. The van der Waals surface area contributed by atoms with Gasteiger partial charge in [-0.2, -0.15) is 4.21 Å². The minimum atomic E-state index is -2.86. The Morgan fingerprint density at radius 3 is 1.11 bits per heavy atom. The molecule has 0 rings (SSSR count). The molecule has 6 nitrogen and oxygen atoms in total. The zero-order valence-corrected chi connectivity index (χ0v) is 9.14. The second kappa shape index (κ2) is 12.5. The Morgan fingerprint density at radius 1 is 1.11 bits per heavy atom. The summed E-state index contributed by atoms with van der Waals surface area (Å²) in [5, 5.41) is 0. The Hall–Kier alpha value is 1.78. The first-order chi connectivity index (χ1) is 3.46. The number of hydrogen-bond acceptors (Lipinski definition) is 3. The molecule has 0 bridgehead atoms. The molecule has 0 radical (unpaired) electrons. The van der Waals surface area contributed by atoms with Gasteiger partial charge in [-0.3, -0.25) is 9.11 Å². The summed E-state index contributed by atoms with van der Waals surface area (Å²) < 4.78 is 46.9. The van der Waals surface area contributed by atoms with Crippen LogP contribution in [0.15, 0.2) is 0 Å². The summed E-state index contributed by atoms with van der Waals surface area (Å²) in [6.07, 6.45) is 0. The Balaban J connectivity index is -0.0000000720. The van der Waals surface area contributed by atoms with Crippen molar-refractivity contribution < 1.29 is 78.0 Å². The van der Waals surface area contributed by atoms with Crippen LogP contribution in [0.5, 0.6) is 0 Å². The van der Waals surface area contributed by atoms with Gasteiger partial charge in [0.2, 0.25) is 0 Å². The Kier molecular flexibility index (Phi) is 23.6. The minimum Gasteiger partial charge on any atom is -0.750 e.